The lowest BCUT2D eigenvalue weighted by atomic mass is 10.1. The smallest absolute Gasteiger partial charge is 0.292 e. The summed E-state index contributed by atoms with van der Waals surface area (Å²) in [4.78, 5) is 42.8. The van der Waals surface area contributed by atoms with E-state index >= 15 is 0 Å². The van der Waals surface area contributed by atoms with E-state index in [0.29, 0.717) is 33.8 Å². The minimum absolute atomic E-state index is 0.111. The summed E-state index contributed by atoms with van der Waals surface area (Å²) in [5.41, 5.74) is 2.43. The number of ether oxygens (including phenoxy) is 2. The molecule has 0 saturated carbocycles. The first kappa shape index (κ1) is 20.5. The van der Waals surface area contributed by atoms with Crippen molar-refractivity contribution in [2.45, 2.75) is 19.4 Å². The van der Waals surface area contributed by atoms with Crippen LogP contribution in [0.15, 0.2) is 42.5 Å². The number of benzene rings is 2. The number of nitrogens with zero attached hydrogens (tertiary/aromatic N) is 1. The molecule has 8 nitrogen and oxygen atoms in total. The first-order valence-electron chi connectivity index (χ1n) is 9.87. The second-order valence-corrected chi connectivity index (χ2v) is 7.42. The number of fused-ring (bicyclic) bond motifs is 1. The fourth-order valence-corrected chi connectivity index (χ4v) is 3.98. The lowest BCUT2D eigenvalue weighted by Crippen LogP contribution is -2.41. The Hall–Kier alpha value is -3.81. The third-order valence-electron chi connectivity index (χ3n) is 5.47. The molecule has 2 aromatic carbocycles. The number of aromatic nitrogens is 1. The lowest BCUT2D eigenvalue weighted by Gasteiger charge is -2.19. The van der Waals surface area contributed by atoms with Crippen molar-refractivity contribution < 1.29 is 23.9 Å². The molecule has 1 saturated heterocycles. The van der Waals surface area contributed by atoms with E-state index in [9.17, 15) is 14.4 Å². The van der Waals surface area contributed by atoms with Crippen LogP contribution in [0, 0.1) is 6.92 Å². The van der Waals surface area contributed by atoms with E-state index in [-0.39, 0.29) is 18.9 Å². The number of ketones is 1. The molecule has 0 aliphatic carbocycles. The molecule has 8 heteroatoms. The highest BCUT2D eigenvalue weighted by Gasteiger charge is 2.34. The molecule has 1 fully saturated rings. The topological polar surface area (TPSA) is 101 Å². The van der Waals surface area contributed by atoms with Gasteiger partial charge >= 0.3 is 0 Å². The summed E-state index contributed by atoms with van der Waals surface area (Å²) in [5.74, 6) is -0.423. The highest BCUT2D eigenvalue weighted by molar-refractivity contribution is 6.45. The van der Waals surface area contributed by atoms with Crippen molar-refractivity contribution in [3.8, 4) is 11.5 Å². The molecule has 0 radical (unpaired) electrons. The maximum Gasteiger partial charge on any atom is 0.292 e. The minimum Gasteiger partial charge on any atom is -0.493 e. The second-order valence-electron chi connectivity index (χ2n) is 7.42. The van der Waals surface area contributed by atoms with Crippen LogP contribution < -0.4 is 19.7 Å². The van der Waals surface area contributed by atoms with Crippen LogP contribution in [0.3, 0.4) is 0 Å². The zero-order valence-electron chi connectivity index (χ0n) is 17.5. The number of carbonyl (C=O) groups excluding carboxylic acids is 3. The SMILES string of the molecule is COc1ccc(N2CC(NC(=O)C(=O)c3c(C)[nH]c4ccccc34)CC2=O)cc1OC. The normalized spacial score (nSPS) is 15.9. The van der Waals surface area contributed by atoms with E-state index in [1.165, 1.54) is 14.2 Å². The summed E-state index contributed by atoms with van der Waals surface area (Å²) in [6.45, 7) is 2.03. The number of nitrogens with one attached hydrogen (secondary N) is 2. The van der Waals surface area contributed by atoms with Crippen molar-refractivity contribution in [2.75, 3.05) is 25.7 Å². The van der Waals surface area contributed by atoms with E-state index < -0.39 is 17.7 Å². The van der Waals surface area contributed by atoms with E-state index in [1.807, 2.05) is 18.2 Å². The highest BCUT2D eigenvalue weighted by atomic mass is 16.5. The average molecular weight is 421 g/mol. The summed E-state index contributed by atoms with van der Waals surface area (Å²) in [6.07, 6.45) is 0.111. The second kappa shape index (κ2) is 8.14. The molecule has 1 unspecified atom stereocenters. The van der Waals surface area contributed by atoms with Gasteiger partial charge in [-0.25, -0.2) is 0 Å². The summed E-state index contributed by atoms with van der Waals surface area (Å²) < 4.78 is 10.5. The Balaban J connectivity index is 1.49. The Morgan fingerprint density at radius 3 is 2.58 bits per heavy atom. The van der Waals surface area contributed by atoms with Gasteiger partial charge in [-0.05, 0) is 25.1 Å². The number of methoxy groups -OCH3 is 2. The van der Waals surface area contributed by atoms with Gasteiger partial charge in [0.2, 0.25) is 5.91 Å². The van der Waals surface area contributed by atoms with Crippen LogP contribution in [0.25, 0.3) is 10.9 Å². The van der Waals surface area contributed by atoms with Gasteiger partial charge in [0.25, 0.3) is 11.7 Å². The summed E-state index contributed by atoms with van der Waals surface area (Å²) in [5, 5.41) is 3.42. The number of carbonyl (C=O) groups is 3. The molecule has 4 rings (SSSR count). The number of H-pyrrole nitrogens is 1. The third kappa shape index (κ3) is 3.72. The van der Waals surface area contributed by atoms with Crippen molar-refractivity contribution >= 4 is 34.2 Å². The zero-order chi connectivity index (χ0) is 22.1. The van der Waals surface area contributed by atoms with E-state index in [4.69, 9.17) is 9.47 Å². The van der Waals surface area contributed by atoms with Crippen LogP contribution in [0.2, 0.25) is 0 Å². The quantitative estimate of drug-likeness (QED) is 0.471. The van der Waals surface area contributed by atoms with Crippen molar-refractivity contribution in [3.63, 3.8) is 0 Å². The fraction of sp³-hybridized carbons (Fsp3) is 0.261. The Labute approximate surface area is 179 Å². The van der Waals surface area contributed by atoms with Gasteiger partial charge in [-0.15, -0.1) is 0 Å². The van der Waals surface area contributed by atoms with Crippen LogP contribution in [0.1, 0.15) is 22.5 Å². The Morgan fingerprint density at radius 1 is 1.10 bits per heavy atom. The summed E-state index contributed by atoms with van der Waals surface area (Å²) in [6, 6.07) is 12.1. The van der Waals surface area contributed by atoms with Crippen LogP contribution in [-0.2, 0) is 9.59 Å². The number of para-hydroxylation sites is 1. The molecular formula is C23H23N3O5. The average Bonchev–Trinajstić information content (AvgIpc) is 3.30. The number of aromatic amines is 1. The predicted molar refractivity (Wildman–Crippen MR) is 116 cm³/mol. The minimum atomic E-state index is -0.722. The zero-order valence-corrected chi connectivity index (χ0v) is 17.5. The van der Waals surface area contributed by atoms with Crippen LogP contribution >= 0.6 is 0 Å². The van der Waals surface area contributed by atoms with Crippen molar-refractivity contribution in [2.24, 2.45) is 0 Å². The number of hydrogen-bond acceptors (Lipinski definition) is 5. The van der Waals surface area contributed by atoms with Crippen LogP contribution in [0.5, 0.6) is 11.5 Å². The summed E-state index contributed by atoms with van der Waals surface area (Å²) in [7, 11) is 3.06. The van der Waals surface area contributed by atoms with Gasteiger partial charge < -0.3 is 24.7 Å². The number of aryl methyl sites for hydroxylation is 1. The number of hydrogen-bond donors (Lipinski definition) is 2. The molecule has 2 amide bonds. The van der Waals surface area contributed by atoms with Crippen molar-refractivity contribution in [1.82, 2.24) is 10.3 Å². The summed E-state index contributed by atoms with van der Waals surface area (Å²) >= 11 is 0. The molecule has 1 aromatic heterocycles. The largest absolute Gasteiger partial charge is 0.493 e. The monoisotopic (exact) mass is 421 g/mol. The Bertz CT molecular complexity index is 1180. The lowest BCUT2D eigenvalue weighted by molar-refractivity contribution is -0.118. The maximum absolute atomic E-state index is 12.9. The van der Waals surface area contributed by atoms with E-state index in [2.05, 4.69) is 10.3 Å². The Kier molecular flexibility index (Phi) is 5.37. The van der Waals surface area contributed by atoms with Gasteiger partial charge in [-0.2, -0.15) is 0 Å². The fourth-order valence-electron chi connectivity index (χ4n) is 3.98. The van der Waals surface area contributed by atoms with Crippen LogP contribution in [0.4, 0.5) is 5.69 Å². The van der Waals surface area contributed by atoms with E-state index in [1.54, 1.807) is 36.1 Å². The molecule has 0 bridgehead atoms. The van der Waals surface area contributed by atoms with Gasteiger partial charge in [0.1, 0.15) is 0 Å². The molecule has 3 aromatic rings. The molecule has 1 aliphatic rings. The van der Waals surface area contributed by atoms with Gasteiger partial charge in [-0.1, -0.05) is 18.2 Å². The van der Waals surface area contributed by atoms with Crippen molar-refractivity contribution in [3.05, 3.63) is 53.7 Å². The third-order valence-corrected chi connectivity index (χ3v) is 5.47. The highest BCUT2D eigenvalue weighted by Crippen LogP contribution is 2.33. The predicted octanol–water partition coefficient (Wildman–Crippen LogP) is 2.60. The molecule has 1 atom stereocenters. The molecule has 0 spiro atoms. The van der Waals surface area contributed by atoms with Gasteiger partial charge in [0.15, 0.2) is 11.5 Å². The molecule has 1 aliphatic heterocycles. The number of Topliss-reactive ketones (excluding diaryl/α,β-unsaturated/α-hetero) is 1. The van der Waals surface area contributed by atoms with E-state index in [0.717, 1.165) is 5.52 Å². The number of amides is 2. The standard InChI is InChI=1S/C23H23N3O5/c1-13-21(16-6-4-5-7-17(16)24-13)22(28)23(29)25-14-10-20(27)26(12-14)15-8-9-18(30-2)19(11-15)31-3/h4-9,11,14,24H,10,12H2,1-3H3,(H,25,29). The van der Waals surface area contributed by atoms with Gasteiger partial charge in [0.05, 0.1) is 25.8 Å². The van der Waals surface area contributed by atoms with Gasteiger partial charge in [0, 0.05) is 41.3 Å². The molecule has 2 heterocycles. The number of anilines is 1. The molecule has 160 valence electrons. The Morgan fingerprint density at radius 2 is 1.84 bits per heavy atom. The number of rotatable bonds is 6. The first-order valence-corrected chi connectivity index (χ1v) is 9.87. The van der Waals surface area contributed by atoms with Crippen molar-refractivity contribution in [1.29, 1.82) is 0 Å². The van der Waals surface area contributed by atoms with Crippen LogP contribution in [-0.4, -0.2) is 49.4 Å². The maximum atomic E-state index is 12.9. The molecule has 2 N–H and O–H groups in total. The molecular weight excluding hydrogens is 398 g/mol. The van der Waals surface area contributed by atoms with Gasteiger partial charge in [-0.3, -0.25) is 14.4 Å². The first-order chi connectivity index (χ1) is 14.9. The molecule has 31 heavy (non-hydrogen) atoms.